The van der Waals surface area contributed by atoms with Crippen molar-refractivity contribution in [2.75, 3.05) is 13.6 Å². The molecule has 0 amide bonds. The number of likely N-dealkylation sites (N-methyl/N-ethyl adjacent to an activating group) is 1. The molecule has 0 radical (unpaired) electrons. The second kappa shape index (κ2) is 6.80. The predicted octanol–water partition coefficient (Wildman–Crippen LogP) is 2.58. The first kappa shape index (κ1) is 14.2. The summed E-state index contributed by atoms with van der Waals surface area (Å²) in [6.45, 7) is 4.60. The van der Waals surface area contributed by atoms with E-state index < -0.39 is 0 Å². The Morgan fingerprint density at radius 3 is 2.63 bits per heavy atom. The maximum atomic E-state index is 5.76. The van der Waals surface area contributed by atoms with Gasteiger partial charge in [-0.3, -0.25) is 0 Å². The van der Waals surface area contributed by atoms with Crippen LogP contribution in [-0.2, 0) is 19.5 Å². The largest absolute Gasteiger partial charge is 0.326 e. The van der Waals surface area contributed by atoms with Crippen molar-refractivity contribution in [1.82, 2.24) is 9.88 Å². The highest BCUT2D eigenvalue weighted by atomic mass is 32.1. The molecule has 19 heavy (non-hydrogen) atoms. The van der Waals surface area contributed by atoms with Crippen LogP contribution in [0.2, 0.25) is 0 Å². The van der Waals surface area contributed by atoms with E-state index in [2.05, 4.69) is 40.5 Å². The zero-order valence-corrected chi connectivity index (χ0v) is 12.4. The van der Waals surface area contributed by atoms with Gasteiger partial charge in [0.1, 0.15) is 0 Å². The first-order valence-electron chi connectivity index (χ1n) is 6.55. The monoisotopic (exact) mass is 275 g/mol. The molecular formula is C15H21N3S. The van der Waals surface area contributed by atoms with Crippen molar-refractivity contribution >= 4 is 11.3 Å². The molecule has 3 nitrogen and oxygen atoms in total. The van der Waals surface area contributed by atoms with E-state index in [1.54, 1.807) is 11.3 Å². The van der Waals surface area contributed by atoms with Gasteiger partial charge in [0.15, 0.2) is 0 Å². The fourth-order valence-electron chi connectivity index (χ4n) is 2.15. The lowest BCUT2D eigenvalue weighted by Crippen LogP contribution is -2.21. The van der Waals surface area contributed by atoms with E-state index in [1.165, 1.54) is 11.1 Å². The number of aryl methyl sites for hydroxylation is 1. The van der Waals surface area contributed by atoms with Crippen LogP contribution in [0.1, 0.15) is 21.8 Å². The zero-order chi connectivity index (χ0) is 13.7. The Kier molecular flexibility index (Phi) is 5.07. The van der Waals surface area contributed by atoms with Gasteiger partial charge in [0.2, 0.25) is 0 Å². The van der Waals surface area contributed by atoms with E-state index >= 15 is 0 Å². The molecule has 0 fully saturated rings. The van der Waals surface area contributed by atoms with Crippen LogP contribution in [0, 0.1) is 6.92 Å². The smallest absolute Gasteiger partial charge is 0.0897 e. The molecule has 1 heterocycles. The third-order valence-electron chi connectivity index (χ3n) is 3.20. The third-order valence-corrected chi connectivity index (χ3v) is 4.02. The van der Waals surface area contributed by atoms with Gasteiger partial charge in [0.05, 0.1) is 10.7 Å². The van der Waals surface area contributed by atoms with Crippen LogP contribution in [0.15, 0.2) is 29.6 Å². The molecular weight excluding hydrogens is 254 g/mol. The summed E-state index contributed by atoms with van der Waals surface area (Å²) in [5.41, 5.74) is 9.53. The van der Waals surface area contributed by atoms with Gasteiger partial charge in [-0.15, -0.1) is 11.3 Å². The highest BCUT2D eigenvalue weighted by Crippen LogP contribution is 2.12. The number of hydrogen-bond donors (Lipinski definition) is 1. The second-order valence-corrected chi connectivity index (χ2v) is 5.88. The summed E-state index contributed by atoms with van der Waals surface area (Å²) < 4.78 is 0. The van der Waals surface area contributed by atoms with Gasteiger partial charge in [0.25, 0.3) is 0 Å². The quantitative estimate of drug-likeness (QED) is 0.881. The number of thiazole rings is 1. The molecule has 0 saturated heterocycles. The molecule has 4 heteroatoms. The molecule has 0 aliphatic rings. The van der Waals surface area contributed by atoms with Crippen LogP contribution in [0.4, 0.5) is 0 Å². The van der Waals surface area contributed by atoms with Crippen molar-refractivity contribution < 1.29 is 0 Å². The molecule has 0 unspecified atom stereocenters. The molecule has 102 valence electrons. The van der Waals surface area contributed by atoms with Crippen molar-refractivity contribution in [3.8, 4) is 0 Å². The lowest BCUT2D eigenvalue weighted by atomic mass is 10.0. The van der Waals surface area contributed by atoms with E-state index in [0.717, 1.165) is 30.2 Å². The predicted molar refractivity (Wildman–Crippen MR) is 81.2 cm³/mol. The minimum Gasteiger partial charge on any atom is -0.326 e. The highest BCUT2D eigenvalue weighted by molar-refractivity contribution is 7.09. The van der Waals surface area contributed by atoms with Crippen LogP contribution in [0.5, 0.6) is 0 Å². The number of nitrogens with two attached hydrogens (primary N) is 1. The molecule has 0 aliphatic carbocycles. The Bertz CT molecular complexity index is 522. The minimum absolute atomic E-state index is 0.616. The maximum absolute atomic E-state index is 5.76. The Morgan fingerprint density at radius 1 is 1.26 bits per heavy atom. The van der Waals surface area contributed by atoms with E-state index in [9.17, 15) is 0 Å². The van der Waals surface area contributed by atoms with Crippen molar-refractivity contribution in [3.63, 3.8) is 0 Å². The molecule has 0 bridgehead atoms. The topological polar surface area (TPSA) is 42.2 Å². The summed E-state index contributed by atoms with van der Waals surface area (Å²) in [5.74, 6) is 0. The minimum atomic E-state index is 0.616. The SMILES string of the molecule is Cc1nc(CN(C)CCc2ccccc2CN)cs1. The van der Waals surface area contributed by atoms with Crippen molar-refractivity contribution in [3.05, 3.63) is 51.5 Å². The molecule has 0 aliphatic heterocycles. The average Bonchev–Trinajstić information content (AvgIpc) is 2.82. The number of benzene rings is 1. The van der Waals surface area contributed by atoms with Crippen molar-refractivity contribution in [1.29, 1.82) is 0 Å². The summed E-state index contributed by atoms with van der Waals surface area (Å²) in [4.78, 5) is 6.80. The fourth-order valence-corrected chi connectivity index (χ4v) is 2.75. The standard InChI is InChI=1S/C15H21N3S/c1-12-17-15(11-19-12)10-18(2)8-7-13-5-3-4-6-14(13)9-16/h3-6,11H,7-10,16H2,1-2H3. The van der Waals surface area contributed by atoms with Crippen LogP contribution in [0.3, 0.4) is 0 Å². The molecule has 0 saturated carbocycles. The fraction of sp³-hybridized carbons (Fsp3) is 0.400. The lowest BCUT2D eigenvalue weighted by molar-refractivity contribution is 0.327. The number of rotatable bonds is 6. The van der Waals surface area contributed by atoms with E-state index in [0.29, 0.717) is 6.54 Å². The van der Waals surface area contributed by atoms with Gasteiger partial charge in [0, 0.05) is 25.0 Å². The Balaban J connectivity index is 1.87. The second-order valence-electron chi connectivity index (χ2n) is 4.82. The summed E-state index contributed by atoms with van der Waals surface area (Å²) in [6.07, 6.45) is 1.03. The van der Waals surface area contributed by atoms with E-state index in [-0.39, 0.29) is 0 Å². The summed E-state index contributed by atoms with van der Waals surface area (Å²) in [5, 5.41) is 3.27. The molecule has 0 spiro atoms. The van der Waals surface area contributed by atoms with E-state index in [4.69, 9.17) is 5.73 Å². The van der Waals surface area contributed by atoms with Crippen LogP contribution < -0.4 is 5.73 Å². The van der Waals surface area contributed by atoms with Crippen molar-refractivity contribution in [2.24, 2.45) is 5.73 Å². The van der Waals surface area contributed by atoms with Crippen molar-refractivity contribution in [2.45, 2.75) is 26.4 Å². The van der Waals surface area contributed by atoms with Gasteiger partial charge >= 0.3 is 0 Å². The first-order valence-corrected chi connectivity index (χ1v) is 7.43. The molecule has 0 atom stereocenters. The molecule has 1 aromatic heterocycles. The Hall–Kier alpha value is -1.23. The van der Waals surface area contributed by atoms with Gasteiger partial charge in [-0.05, 0) is 31.5 Å². The number of aromatic nitrogens is 1. The lowest BCUT2D eigenvalue weighted by Gasteiger charge is -2.16. The zero-order valence-electron chi connectivity index (χ0n) is 11.6. The van der Waals surface area contributed by atoms with Gasteiger partial charge in [-0.25, -0.2) is 4.98 Å². The number of nitrogens with zero attached hydrogens (tertiary/aromatic N) is 2. The Morgan fingerprint density at radius 2 is 2.00 bits per heavy atom. The Labute approximate surface area is 119 Å². The maximum Gasteiger partial charge on any atom is 0.0897 e. The van der Waals surface area contributed by atoms with Crippen LogP contribution >= 0.6 is 11.3 Å². The van der Waals surface area contributed by atoms with Gasteiger partial charge in [-0.1, -0.05) is 24.3 Å². The highest BCUT2D eigenvalue weighted by Gasteiger charge is 2.05. The first-order chi connectivity index (χ1) is 9.19. The third kappa shape index (κ3) is 4.13. The molecule has 2 aromatic rings. The number of hydrogen-bond acceptors (Lipinski definition) is 4. The van der Waals surface area contributed by atoms with Crippen LogP contribution in [0.25, 0.3) is 0 Å². The average molecular weight is 275 g/mol. The normalized spacial score (nSPS) is 11.2. The molecule has 2 N–H and O–H groups in total. The van der Waals surface area contributed by atoms with Crippen LogP contribution in [-0.4, -0.2) is 23.5 Å². The molecule has 2 rings (SSSR count). The van der Waals surface area contributed by atoms with Gasteiger partial charge < -0.3 is 10.6 Å². The summed E-state index contributed by atoms with van der Waals surface area (Å²) in [6, 6.07) is 8.41. The summed E-state index contributed by atoms with van der Waals surface area (Å²) in [7, 11) is 2.14. The molecule has 1 aromatic carbocycles. The summed E-state index contributed by atoms with van der Waals surface area (Å²) >= 11 is 1.71. The van der Waals surface area contributed by atoms with Gasteiger partial charge in [-0.2, -0.15) is 0 Å². The van der Waals surface area contributed by atoms with E-state index in [1.807, 2.05) is 13.0 Å².